The maximum absolute atomic E-state index is 3.82. The minimum atomic E-state index is 0.563. The summed E-state index contributed by atoms with van der Waals surface area (Å²) in [6.45, 7) is 7.94. The molecule has 1 heteroatoms. The van der Waals surface area contributed by atoms with E-state index >= 15 is 0 Å². The lowest BCUT2D eigenvalue weighted by Crippen LogP contribution is -2.31. The summed E-state index contributed by atoms with van der Waals surface area (Å²) in [5.41, 5.74) is 2.88. The van der Waals surface area contributed by atoms with Crippen molar-refractivity contribution in [2.75, 3.05) is 6.54 Å². The van der Waals surface area contributed by atoms with Gasteiger partial charge < -0.3 is 5.32 Å². The molecule has 0 heterocycles. The molecule has 0 spiro atoms. The normalized spacial score (nSPS) is 24.6. The third-order valence-electron chi connectivity index (χ3n) is 4.96. The summed E-state index contributed by atoms with van der Waals surface area (Å²) in [4.78, 5) is 0. The average molecular weight is 273 g/mol. The van der Waals surface area contributed by atoms with Gasteiger partial charge in [0, 0.05) is 6.04 Å². The van der Waals surface area contributed by atoms with Crippen molar-refractivity contribution in [3.8, 4) is 0 Å². The molecule has 1 aromatic carbocycles. The molecular formula is C19H31N. The highest BCUT2D eigenvalue weighted by atomic mass is 14.9. The number of nitrogens with one attached hydrogen (secondary N) is 1. The minimum Gasteiger partial charge on any atom is -0.310 e. The molecule has 1 aromatic rings. The molecule has 1 unspecified atom stereocenters. The molecule has 1 saturated carbocycles. The summed E-state index contributed by atoms with van der Waals surface area (Å²) >= 11 is 0. The lowest BCUT2D eigenvalue weighted by molar-refractivity contribution is 0.219. The van der Waals surface area contributed by atoms with Crippen LogP contribution in [0, 0.1) is 18.8 Å². The molecule has 0 saturated heterocycles. The van der Waals surface area contributed by atoms with Gasteiger partial charge in [-0.3, -0.25) is 0 Å². The van der Waals surface area contributed by atoms with E-state index < -0.39 is 0 Å². The zero-order chi connectivity index (χ0) is 14.4. The number of hydrogen-bond donors (Lipinski definition) is 1. The molecule has 20 heavy (non-hydrogen) atoms. The SMILES string of the molecule is CCCNC(c1cccc(C)c1)C1CCC(CC)CC1. The smallest absolute Gasteiger partial charge is 0.0348 e. The van der Waals surface area contributed by atoms with Crippen LogP contribution in [-0.2, 0) is 0 Å². The van der Waals surface area contributed by atoms with Gasteiger partial charge in [0.1, 0.15) is 0 Å². The van der Waals surface area contributed by atoms with Crippen LogP contribution in [0.3, 0.4) is 0 Å². The van der Waals surface area contributed by atoms with E-state index in [9.17, 15) is 0 Å². The average Bonchev–Trinajstić information content (AvgIpc) is 2.48. The molecule has 2 rings (SSSR count). The Hall–Kier alpha value is -0.820. The highest BCUT2D eigenvalue weighted by Crippen LogP contribution is 2.38. The Morgan fingerprint density at radius 1 is 1.15 bits per heavy atom. The van der Waals surface area contributed by atoms with Gasteiger partial charge in [0.05, 0.1) is 0 Å². The van der Waals surface area contributed by atoms with Crippen LogP contribution in [0.5, 0.6) is 0 Å². The van der Waals surface area contributed by atoms with Crippen molar-refractivity contribution in [1.82, 2.24) is 5.32 Å². The van der Waals surface area contributed by atoms with Crippen molar-refractivity contribution >= 4 is 0 Å². The zero-order valence-corrected chi connectivity index (χ0v) is 13.5. The third kappa shape index (κ3) is 4.09. The first-order chi connectivity index (χ1) is 9.74. The van der Waals surface area contributed by atoms with E-state index in [0.29, 0.717) is 6.04 Å². The summed E-state index contributed by atoms with van der Waals surface area (Å²) < 4.78 is 0. The van der Waals surface area contributed by atoms with Crippen molar-refractivity contribution in [2.24, 2.45) is 11.8 Å². The van der Waals surface area contributed by atoms with E-state index in [0.717, 1.165) is 18.4 Å². The Labute approximate surface area is 125 Å². The molecule has 0 radical (unpaired) electrons. The molecule has 0 aromatic heterocycles. The maximum atomic E-state index is 3.82. The van der Waals surface area contributed by atoms with Crippen molar-refractivity contribution in [3.63, 3.8) is 0 Å². The van der Waals surface area contributed by atoms with Crippen LogP contribution >= 0.6 is 0 Å². The quantitative estimate of drug-likeness (QED) is 0.746. The van der Waals surface area contributed by atoms with Gasteiger partial charge in [0.2, 0.25) is 0 Å². The lowest BCUT2D eigenvalue weighted by Gasteiger charge is -2.34. The second-order valence-electron chi connectivity index (χ2n) is 6.53. The Morgan fingerprint density at radius 3 is 2.50 bits per heavy atom. The standard InChI is InChI=1S/C19H31N/c1-4-13-20-19(18-8-6-7-15(3)14-18)17-11-9-16(5-2)10-12-17/h6-8,14,16-17,19-20H,4-5,9-13H2,1-3H3. The molecule has 1 fully saturated rings. The van der Waals surface area contributed by atoms with E-state index in [1.165, 1.54) is 49.7 Å². The van der Waals surface area contributed by atoms with Gasteiger partial charge in [-0.25, -0.2) is 0 Å². The van der Waals surface area contributed by atoms with E-state index in [2.05, 4.69) is 50.4 Å². The van der Waals surface area contributed by atoms with E-state index in [4.69, 9.17) is 0 Å². The van der Waals surface area contributed by atoms with Crippen LogP contribution in [0.1, 0.15) is 69.5 Å². The number of rotatable bonds is 6. The Morgan fingerprint density at radius 2 is 1.90 bits per heavy atom. The molecule has 112 valence electrons. The number of aryl methyl sites for hydroxylation is 1. The summed E-state index contributed by atoms with van der Waals surface area (Å²) in [6, 6.07) is 9.66. The molecule has 1 aliphatic rings. The third-order valence-corrected chi connectivity index (χ3v) is 4.96. The predicted octanol–water partition coefficient (Wildman–Crippen LogP) is 5.25. The van der Waals surface area contributed by atoms with Gasteiger partial charge in [-0.05, 0) is 50.1 Å². The van der Waals surface area contributed by atoms with Gasteiger partial charge in [-0.15, -0.1) is 0 Å². The molecule has 1 aliphatic carbocycles. The van der Waals surface area contributed by atoms with Crippen LogP contribution in [0.25, 0.3) is 0 Å². The fourth-order valence-corrected chi connectivity index (χ4v) is 3.65. The second kappa shape index (κ2) is 7.83. The predicted molar refractivity (Wildman–Crippen MR) is 88.0 cm³/mol. The molecule has 0 amide bonds. The number of benzene rings is 1. The number of hydrogen-bond acceptors (Lipinski definition) is 1. The fourth-order valence-electron chi connectivity index (χ4n) is 3.65. The summed E-state index contributed by atoms with van der Waals surface area (Å²) in [7, 11) is 0. The van der Waals surface area contributed by atoms with Crippen molar-refractivity contribution in [3.05, 3.63) is 35.4 Å². The minimum absolute atomic E-state index is 0.563. The lowest BCUT2D eigenvalue weighted by atomic mass is 9.76. The van der Waals surface area contributed by atoms with Crippen LogP contribution in [-0.4, -0.2) is 6.54 Å². The van der Waals surface area contributed by atoms with Crippen molar-refractivity contribution < 1.29 is 0 Å². The summed E-state index contributed by atoms with van der Waals surface area (Å²) in [5, 5.41) is 3.82. The Balaban J connectivity index is 2.07. The van der Waals surface area contributed by atoms with Gasteiger partial charge in [0.15, 0.2) is 0 Å². The first kappa shape index (κ1) is 15.6. The van der Waals surface area contributed by atoms with Crippen LogP contribution in [0.2, 0.25) is 0 Å². The maximum Gasteiger partial charge on any atom is 0.0348 e. The molecular weight excluding hydrogens is 242 g/mol. The Kier molecular flexibility index (Phi) is 6.09. The first-order valence-corrected chi connectivity index (χ1v) is 8.54. The topological polar surface area (TPSA) is 12.0 Å². The van der Waals surface area contributed by atoms with Gasteiger partial charge in [0.25, 0.3) is 0 Å². The van der Waals surface area contributed by atoms with Gasteiger partial charge in [-0.1, -0.05) is 62.9 Å². The molecule has 1 N–H and O–H groups in total. The van der Waals surface area contributed by atoms with Gasteiger partial charge >= 0.3 is 0 Å². The molecule has 0 bridgehead atoms. The highest BCUT2D eigenvalue weighted by molar-refractivity contribution is 5.25. The zero-order valence-electron chi connectivity index (χ0n) is 13.5. The first-order valence-electron chi connectivity index (χ1n) is 8.54. The van der Waals surface area contributed by atoms with E-state index in [1.807, 2.05) is 0 Å². The highest BCUT2D eigenvalue weighted by Gasteiger charge is 2.27. The second-order valence-corrected chi connectivity index (χ2v) is 6.53. The van der Waals surface area contributed by atoms with Crippen molar-refractivity contribution in [1.29, 1.82) is 0 Å². The molecule has 0 aliphatic heterocycles. The van der Waals surface area contributed by atoms with Crippen LogP contribution in [0.4, 0.5) is 0 Å². The molecule has 1 nitrogen and oxygen atoms in total. The molecule has 1 atom stereocenters. The summed E-state index contributed by atoms with van der Waals surface area (Å²) in [5.74, 6) is 1.81. The van der Waals surface area contributed by atoms with Gasteiger partial charge in [-0.2, -0.15) is 0 Å². The largest absolute Gasteiger partial charge is 0.310 e. The summed E-state index contributed by atoms with van der Waals surface area (Å²) in [6.07, 6.45) is 8.23. The monoisotopic (exact) mass is 273 g/mol. The Bertz CT molecular complexity index is 391. The van der Waals surface area contributed by atoms with Crippen LogP contribution < -0.4 is 5.32 Å². The fraction of sp³-hybridized carbons (Fsp3) is 0.684. The van der Waals surface area contributed by atoms with E-state index in [1.54, 1.807) is 0 Å². The van der Waals surface area contributed by atoms with Crippen LogP contribution in [0.15, 0.2) is 24.3 Å². The van der Waals surface area contributed by atoms with E-state index in [-0.39, 0.29) is 0 Å². The van der Waals surface area contributed by atoms with Crippen molar-refractivity contribution in [2.45, 2.75) is 65.3 Å².